The highest BCUT2D eigenvalue weighted by Gasteiger charge is 2.10. The van der Waals surface area contributed by atoms with E-state index in [1.807, 2.05) is 38.0 Å². The quantitative estimate of drug-likeness (QED) is 0.844. The summed E-state index contributed by atoms with van der Waals surface area (Å²) >= 11 is 0. The Hall–Kier alpha value is -2.36. The maximum atomic E-state index is 5.51. The van der Waals surface area contributed by atoms with Crippen LogP contribution in [0, 0.1) is 0 Å². The molecule has 2 rings (SSSR count). The molecule has 0 aliphatic carbocycles. The van der Waals surface area contributed by atoms with Crippen molar-refractivity contribution in [3.63, 3.8) is 0 Å². The topological polar surface area (TPSA) is 24.9 Å². The average Bonchev–Trinajstić information content (AvgIpc) is 2.53. The van der Waals surface area contributed by atoms with Crippen LogP contribution in [0.2, 0.25) is 0 Å². The van der Waals surface area contributed by atoms with Crippen molar-refractivity contribution in [1.29, 1.82) is 0 Å². The molecule has 0 saturated heterocycles. The normalized spacial score (nSPS) is 10.3. The third kappa shape index (κ3) is 3.11. The van der Waals surface area contributed by atoms with Crippen LogP contribution in [0.3, 0.4) is 0 Å². The number of hydrogen-bond donors (Lipinski definition) is 0. The Morgan fingerprint density at radius 2 is 1.00 bits per heavy atom. The first-order chi connectivity index (χ1) is 10.5. The minimum absolute atomic E-state index is 0.859. The lowest BCUT2D eigenvalue weighted by Crippen LogP contribution is -2.10. The molecule has 2 aromatic rings. The molecular weight excluding hydrogens is 276 g/mol. The molecule has 0 N–H and O–H groups in total. The van der Waals surface area contributed by atoms with Gasteiger partial charge in [-0.15, -0.1) is 0 Å². The second-order valence-electron chi connectivity index (χ2n) is 5.56. The monoisotopic (exact) mass is 300 g/mol. The molecule has 4 nitrogen and oxygen atoms in total. The highest BCUT2D eigenvalue weighted by molar-refractivity contribution is 5.75. The predicted octanol–water partition coefficient (Wildman–Crippen LogP) is 3.50. The van der Waals surface area contributed by atoms with Gasteiger partial charge in [0.2, 0.25) is 0 Å². The Bertz CT molecular complexity index is 594. The number of hydrogen-bond acceptors (Lipinski definition) is 4. The lowest BCUT2D eigenvalue weighted by molar-refractivity contribution is 0.415. The fourth-order valence-electron chi connectivity index (χ4n) is 2.45. The van der Waals surface area contributed by atoms with Gasteiger partial charge in [0.25, 0.3) is 0 Å². The molecule has 22 heavy (non-hydrogen) atoms. The molecule has 0 saturated carbocycles. The van der Waals surface area contributed by atoms with E-state index >= 15 is 0 Å². The molecule has 0 unspecified atom stereocenters. The fourth-order valence-corrected chi connectivity index (χ4v) is 2.45. The third-order valence-electron chi connectivity index (χ3n) is 3.66. The van der Waals surface area contributed by atoms with Crippen LogP contribution >= 0.6 is 0 Å². The maximum Gasteiger partial charge on any atom is 0.142 e. The van der Waals surface area contributed by atoms with E-state index in [1.54, 1.807) is 14.2 Å². The van der Waals surface area contributed by atoms with Gasteiger partial charge in [0, 0.05) is 28.2 Å². The van der Waals surface area contributed by atoms with Crippen LogP contribution < -0.4 is 19.3 Å². The molecule has 0 aliphatic heterocycles. The SMILES string of the molecule is COc1cc(-c2ccc(N(C)C)c(OC)c2)ccc1N(C)C. The third-order valence-corrected chi connectivity index (χ3v) is 3.66. The van der Waals surface area contributed by atoms with Gasteiger partial charge < -0.3 is 19.3 Å². The van der Waals surface area contributed by atoms with Crippen molar-refractivity contribution < 1.29 is 9.47 Å². The van der Waals surface area contributed by atoms with Gasteiger partial charge in [0.05, 0.1) is 25.6 Å². The Morgan fingerprint density at radius 3 is 1.27 bits per heavy atom. The van der Waals surface area contributed by atoms with Crippen LogP contribution in [-0.2, 0) is 0 Å². The van der Waals surface area contributed by atoms with E-state index in [-0.39, 0.29) is 0 Å². The van der Waals surface area contributed by atoms with Crippen molar-refractivity contribution in [1.82, 2.24) is 0 Å². The van der Waals surface area contributed by atoms with Crippen LogP contribution in [0.25, 0.3) is 11.1 Å². The number of benzene rings is 2. The van der Waals surface area contributed by atoms with Crippen molar-refractivity contribution in [2.45, 2.75) is 0 Å². The lowest BCUT2D eigenvalue weighted by Gasteiger charge is -2.19. The molecule has 0 radical (unpaired) electrons. The first kappa shape index (κ1) is 16.0. The Kier molecular flexibility index (Phi) is 4.81. The highest BCUT2D eigenvalue weighted by Crippen LogP contribution is 2.36. The van der Waals surface area contributed by atoms with Gasteiger partial charge in [-0.2, -0.15) is 0 Å². The summed E-state index contributed by atoms with van der Waals surface area (Å²) in [6, 6.07) is 12.4. The van der Waals surface area contributed by atoms with Gasteiger partial charge >= 0.3 is 0 Å². The molecule has 2 aromatic carbocycles. The van der Waals surface area contributed by atoms with Crippen LogP contribution in [0.15, 0.2) is 36.4 Å². The zero-order valence-corrected chi connectivity index (χ0v) is 14.2. The Labute approximate surface area is 132 Å². The summed E-state index contributed by atoms with van der Waals surface area (Å²) in [5.74, 6) is 1.72. The largest absolute Gasteiger partial charge is 0.495 e. The highest BCUT2D eigenvalue weighted by atomic mass is 16.5. The molecule has 0 aromatic heterocycles. The number of methoxy groups -OCH3 is 2. The van der Waals surface area contributed by atoms with E-state index < -0.39 is 0 Å². The molecule has 0 atom stereocenters. The minimum atomic E-state index is 0.859. The molecule has 0 spiro atoms. The summed E-state index contributed by atoms with van der Waals surface area (Å²) in [6.07, 6.45) is 0. The molecule has 0 fully saturated rings. The second-order valence-corrected chi connectivity index (χ2v) is 5.56. The van der Waals surface area contributed by atoms with Crippen LogP contribution in [0.1, 0.15) is 0 Å². The molecule has 0 bridgehead atoms. The second kappa shape index (κ2) is 6.60. The van der Waals surface area contributed by atoms with Crippen molar-refractivity contribution in [2.24, 2.45) is 0 Å². The standard InChI is InChI=1S/C18H24N2O2/c1-19(2)15-9-7-13(11-17(15)21-5)14-8-10-16(20(3)4)18(12-14)22-6/h7-12H,1-6H3. The number of anilines is 2. The number of rotatable bonds is 5. The van der Waals surface area contributed by atoms with Crippen molar-refractivity contribution >= 4 is 11.4 Å². The molecule has 0 heterocycles. The van der Waals surface area contributed by atoms with E-state index in [4.69, 9.17) is 9.47 Å². The van der Waals surface area contributed by atoms with E-state index in [1.165, 1.54) is 0 Å². The van der Waals surface area contributed by atoms with E-state index in [2.05, 4.69) is 36.4 Å². The van der Waals surface area contributed by atoms with E-state index in [0.29, 0.717) is 0 Å². The first-order valence-electron chi connectivity index (χ1n) is 7.19. The number of nitrogens with zero attached hydrogens (tertiary/aromatic N) is 2. The molecule has 0 amide bonds. The summed E-state index contributed by atoms with van der Waals surface area (Å²) in [7, 11) is 11.4. The van der Waals surface area contributed by atoms with Gasteiger partial charge in [-0.25, -0.2) is 0 Å². The van der Waals surface area contributed by atoms with Crippen molar-refractivity contribution in [3.05, 3.63) is 36.4 Å². The number of ether oxygens (including phenoxy) is 2. The van der Waals surface area contributed by atoms with E-state index in [9.17, 15) is 0 Å². The lowest BCUT2D eigenvalue weighted by atomic mass is 10.0. The maximum absolute atomic E-state index is 5.51. The molecule has 4 heteroatoms. The summed E-state index contributed by atoms with van der Waals surface area (Å²) in [4.78, 5) is 4.08. The van der Waals surface area contributed by atoms with Gasteiger partial charge in [0.1, 0.15) is 11.5 Å². The first-order valence-corrected chi connectivity index (χ1v) is 7.19. The van der Waals surface area contributed by atoms with Crippen molar-refractivity contribution in [2.75, 3.05) is 52.2 Å². The van der Waals surface area contributed by atoms with Crippen LogP contribution in [0.5, 0.6) is 11.5 Å². The molecule has 0 aliphatic rings. The van der Waals surface area contributed by atoms with Crippen molar-refractivity contribution in [3.8, 4) is 22.6 Å². The zero-order chi connectivity index (χ0) is 16.3. The predicted molar refractivity (Wildman–Crippen MR) is 93.6 cm³/mol. The smallest absolute Gasteiger partial charge is 0.142 e. The summed E-state index contributed by atoms with van der Waals surface area (Å²) in [5.41, 5.74) is 4.32. The van der Waals surface area contributed by atoms with Gasteiger partial charge in [-0.1, -0.05) is 12.1 Å². The van der Waals surface area contributed by atoms with E-state index in [0.717, 1.165) is 34.0 Å². The van der Waals surface area contributed by atoms with Crippen LogP contribution in [-0.4, -0.2) is 42.4 Å². The molecular formula is C18H24N2O2. The Balaban J connectivity index is 2.48. The fraction of sp³-hybridized carbons (Fsp3) is 0.333. The summed E-state index contributed by atoms with van der Waals surface area (Å²) in [6.45, 7) is 0. The summed E-state index contributed by atoms with van der Waals surface area (Å²) < 4.78 is 11.0. The Morgan fingerprint density at radius 1 is 0.636 bits per heavy atom. The minimum Gasteiger partial charge on any atom is -0.495 e. The molecule has 118 valence electrons. The summed E-state index contributed by atoms with van der Waals surface area (Å²) in [5, 5.41) is 0. The zero-order valence-electron chi connectivity index (χ0n) is 14.2. The van der Waals surface area contributed by atoms with Gasteiger partial charge in [0.15, 0.2) is 0 Å². The van der Waals surface area contributed by atoms with Crippen LogP contribution in [0.4, 0.5) is 11.4 Å². The van der Waals surface area contributed by atoms with Gasteiger partial charge in [-0.3, -0.25) is 0 Å². The average molecular weight is 300 g/mol. The van der Waals surface area contributed by atoms with Gasteiger partial charge in [-0.05, 0) is 35.4 Å².